The van der Waals surface area contributed by atoms with Crippen LogP contribution in [0.3, 0.4) is 0 Å². The molecule has 0 unspecified atom stereocenters. The van der Waals surface area contributed by atoms with E-state index in [1.54, 1.807) is 11.8 Å². The van der Waals surface area contributed by atoms with Gasteiger partial charge in [0.2, 0.25) is 0 Å². The molecule has 114 valence electrons. The highest BCUT2D eigenvalue weighted by atomic mass is 32.2. The molecule has 5 heteroatoms. The van der Waals surface area contributed by atoms with Gasteiger partial charge in [-0.05, 0) is 32.2 Å². The van der Waals surface area contributed by atoms with Crippen molar-refractivity contribution in [3.8, 4) is 6.07 Å². The van der Waals surface area contributed by atoms with E-state index in [0.717, 1.165) is 42.3 Å². The van der Waals surface area contributed by atoms with Crippen LogP contribution in [0.2, 0.25) is 0 Å². The van der Waals surface area contributed by atoms with Gasteiger partial charge in [-0.2, -0.15) is 5.26 Å². The fourth-order valence-electron chi connectivity index (χ4n) is 2.76. The van der Waals surface area contributed by atoms with Crippen LogP contribution in [0.1, 0.15) is 19.4 Å². The number of β-amino-alcohol motifs (C(OH)–C–C–N with tert-alkyl or cyclic N) is 1. The molecule has 1 aliphatic rings. The molecule has 0 amide bonds. The predicted molar refractivity (Wildman–Crippen MR) is 87.9 cm³/mol. The molecule has 0 saturated carbocycles. The zero-order valence-electron chi connectivity index (χ0n) is 13.0. The van der Waals surface area contributed by atoms with Crippen LogP contribution in [0.5, 0.6) is 0 Å². The molecule has 1 saturated heterocycles. The Balaban J connectivity index is 2.08. The van der Waals surface area contributed by atoms with Crippen molar-refractivity contribution in [2.75, 3.05) is 43.9 Å². The highest BCUT2D eigenvalue weighted by Crippen LogP contribution is 2.29. The molecule has 21 heavy (non-hydrogen) atoms. The molecule has 1 fully saturated rings. The van der Waals surface area contributed by atoms with Crippen molar-refractivity contribution in [2.24, 2.45) is 0 Å². The number of nitrogens with zero attached hydrogens (tertiary/aromatic N) is 3. The molecule has 0 aliphatic carbocycles. The topological polar surface area (TPSA) is 50.5 Å². The van der Waals surface area contributed by atoms with E-state index in [2.05, 4.69) is 15.9 Å². The summed E-state index contributed by atoms with van der Waals surface area (Å²) in [5, 5.41) is 19.3. The maximum atomic E-state index is 9.90. The molecule has 0 radical (unpaired) electrons. The first-order valence-electron chi connectivity index (χ1n) is 7.21. The molecule has 0 spiro atoms. The summed E-state index contributed by atoms with van der Waals surface area (Å²) in [5.74, 6) is 0. The molecule has 0 bridgehead atoms. The van der Waals surface area contributed by atoms with Gasteiger partial charge in [0.25, 0.3) is 0 Å². The summed E-state index contributed by atoms with van der Waals surface area (Å²) < 4.78 is 0. The van der Waals surface area contributed by atoms with E-state index < -0.39 is 5.60 Å². The van der Waals surface area contributed by atoms with Gasteiger partial charge in [-0.3, -0.25) is 4.90 Å². The molecular weight excluding hydrogens is 282 g/mol. The quantitative estimate of drug-likeness (QED) is 0.864. The van der Waals surface area contributed by atoms with Gasteiger partial charge in [0.15, 0.2) is 0 Å². The number of anilines is 1. The average molecular weight is 305 g/mol. The second-order valence-corrected chi connectivity index (χ2v) is 6.89. The number of rotatable bonds is 4. The first-order valence-corrected chi connectivity index (χ1v) is 8.44. The monoisotopic (exact) mass is 305 g/mol. The maximum absolute atomic E-state index is 9.90. The van der Waals surface area contributed by atoms with Crippen LogP contribution in [-0.4, -0.2) is 54.6 Å². The molecule has 1 heterocycles. The normalized spacial score (nSPS) is 16.8. The lowest BCUT2D eigenvalue weighted by molar-refractivity contribution is 0.0345. The Kier molecular flexibility index (Phi) is 5.15. The van der Waals surface area contributed by atoms with Gasteiger partial charge in [0.05, 0.1) is 16.9 Å². The molecular formula is C16H23N3OS. The molecule has 0 atom stereocenters. The molecule has 1 N–H and O–H groups in total. The molecule has 1 aromatic carbocycles. The minimum atomic E-state index is -0.654. The second-order valence-electron chi connectivity index (χ2n) is 6.04. The van der Waals surface area contributed by atoms with E-state index in [-0.39, 0.29) is 0 Å². The maximum Gasteiger partial charge on any atom is 0.103 e. The van der Waals surface area contributed by atoms with Crippen LogP contribution in [0.4, 0.5) is 5.69 Å². The van der Waals surface area contributed by atoms with Gasteiger partial charge in [-0.15, -0.1) is 11.8 Å². The van der Waals surface area contributed by atoms with E-state index in [0.29, 0.717) is 6.54 Å². The number of thioether (sulfide) groups is 1. The van der Waals surface area contributed by atoms with Gasteiger partial charge < -0.3 is 10.0 Å². The third kappa shape index (κ3) is 4.13. The minimum absolute atomic E-state index is 0.654. The van der Waals surface area contributed by atoms with E-state index in [1.165, 1.54) is 0 Å². The van der Waals surface area contributed by atoms with Crippen LogP contribution in [-0.2, 0) is 0 Å². The van der Waals surface area contributed by atoms with Crippen molar-refractivity contribution in [1.29, 1.82) is 5.26 Å². The molecule has 2 rings (SSSR count). The number of hydrogen-bond donors (Lipinski definition) is 1. The van der Waals surface area contributed by atoms with E-state index in [9.17, 15) is 10.4 Å². The van der Waals surface area contributed by atoms with E-state index in [1.807, 2.05) is 38.3 Å². The van der Waals surface area contributed by atoms with Crippen LogP contribution in [0.15, 0.2) is 23.1 Å². The van der Waals surface area contributed by atoms with Crippen molar-refractivity contribution in [2.45, 2.75) is 24.3 Å². The summed E-state index contributed by atoms with van der Waals surface area (Å²) in [6.45, 7) is 7.99. The SMILES string of the molecule is CSc1cccc(N2CCN(CC(C)(C)O)CC2)c1C#N. The van der Waals surface area contributed by atoms with Crippen LogP contribution >= 0.6 is 11.8 Å². The Hall–Kier alpha value is -1.22. The first kappa shape index (κ1) is 16.2. The summed E-state index contributed by atoms with van der Waals surface area (Å²) in [5.41, 5.74) is 1.16. The zero-order chi connectivity index (χ0) is 15.5. The predicted octanol–water partition coefficient (Wildman–Crippen LogP) is 2.17. The third-order valence-corrected chi connectivity index (χ3v) is 4.44. The third-order valence-electron chi connectivity index (χ3n) is 3.66. The molecule has 1 aliphatic heterocycles. The lowest BCUT2D eigenvalue weighted by Gasteiger charge is -2.38. The minimum Gasteiger partial charge on any atom is -0.389 e. The van der Waals surface area contributed by atoms with E-state index in [4.69, 9.17) is 0 Å². The molecule has 0 aromatic heterocycles. The summed E-state index contributed by atoms with van der Waals surface area (Å²) >= 11 is 1.61. The lowest BCUT2D eigenvalue weighted by atomic mass is 10.1. The van der Waals surface area contributed by atoms with Crippen LogP contribution in [0, 0.1) is 11.3 Å². The fourth-order valence-corrected chi connectivity index (χ4v) is 3.33. The van der Waals surface area contributed by atoms with Crippen molar-refractivity contribution in [3.63, 3.8) is 0 Å². The summed E-state index contributed by atoms with van der Waals surface area (Å²) in [7, 11) is 0. The Bertz CT molecular complexity index is 525. The van der Waals surface area contributed by atoms with Gasteiger partial charge in [-0.1, -0.05) is 6.07 Å². The molecule has 4 nitrogen and oxygen atoms in total. The lowest BCUT2D eigenvalue weighted by Crippen LogP contribution is -2.50. The van der Waals surface area contributed by atoms with Crippen molar-refractivity contribution in [1.82, 2.24) is 4.90 Å². The van der Waals surface area contributed by atoms with Crippen LogP contribution in [0.25, 0.3) is 0 Å². The highest BCUT2D eigenvalue weighted by Gasteiger charge is 2.24. The van der Waals surface area contributed by atoms with Gasteiger partial charge >= 0.3 is 0 Å². The zero-order valence-corrected chi connectivity index (χ0v) is 13.8. The number of hydrogen-bond acceptors (Lipinski definition) is 5. The number of aliphatic hydroxyl groups is 1. The van der Waals surface area contributed by atoms with E-state index >= 15 is 0 Å². The number of benzene rings is 1. The smallest absolute Gasteiger partial charge is 0.103 e. The highest BCUT2D eigenvalue weighted by molar-refractivity contribution is 7.98. The Morgan fingerprint density at radius 1 is 1.29 bits per heavy atom. The van der Waals surface area contributed by atoms with Gasteiger partial charge in [0.1, 0.15) is 6.07 Å². The van der Waals surface area contributed by atoms with Crippen LogP contribution < -0.4 is 4.90 Å². The number of piperazine rings is 1. The van der Waals surface area contributed by atoms with Gasteiger partial charge in [-0.25, -0.2) is 0 Å². The summed E-state index contributed by atoms with van der Waals surface area (Å²) in [4.78, 5) is 5.59. The Morgan fingerprint density at radius 2 is 1.95 bits per heavy atom. The fraction of sp³-hybridized carbons (Fsp3) is 0.562. The average Bonchev–Trinajstić information content (AvgIpc) is 2.45. The van der Waals surface area contributed by atoms with Crippen molar-refractivity contribution >= 4 is 17.4 Å². The summed E-state index contributed by atoms with van der Waals surface area (Å²) in [6.07, 6.45) is 2.00. The Labute approximate surface area is 131 Å². The standard InChI is InChI=1S/C16H23N3OS/c1-16(2,20)12-18-7-9-19(10-8-18)14-5-4-6-15(21-3)13(14)11-17/h4-6,20H,7-10,12H2,1-3H3. The Morgan fingerprint density at radius 3 is 2.48 bits per heavy atom. The van der Waals surface area contributed by atoms with Gasteiger partial charge in [0, 0.05) is 37.6 Å². The second kappa shape index (κ2) is 6.69. The largest absolute Gasteiger partial charge is 0.389 e. The summed E-state index contributed by atoms with van der Waals surface area (Å²) in [6, 6.07) is 8.39. The number of nitriles is 1. The molecule has 1 aromatic rings. The van der Waals surface area contributed by atoms with Crippen molar-refractivity contribution in [3.05, 3.63) is 23.8 Å². The van der Waals surface area contributed by atoms with Crippen molar-refractivity contribution < 1.29 is 5.11 Å². The first-order chi connectivity index (χ1) is 9.94.